The van der Waals surface area contributed by atoms with Gasteiger partial charge in [0.1, 0.15) is 0 Å². The third-order valence-electron chi connectivity index (χ3n) is 2.28. The fraction of sp³-hybridized carbons (Fsp3) is 0.889. The summed E-state index contributed by atoms with van der Waals surface area (Å²) >= 11 is 0. The van der Waals surface area contributed by atoms with Crippen LogP contribution in [0.15, 0.2) is 0 Å². The first-order valence-corrected chi connectivity index (χ1v) is 4.48. The Morgan fingerprint density at radius 1 is 1.42 bits per heavy atom. The molecule has 0 spiro atoms. The first kappa shape index (κ1) is 11.4. The predicted octanol–water partition coefficient (Wildman–Crippen LogP) is 1.31. The summed E-state index contributed by atoms with van der Waals surface area (Å²) < 4.78 is 4.54. The molecule has 12 heavy (non-hydrogen) atoms. The van der Waals surface area contributed by atoms with E-state index in [0.717, 1.165) is 12.8 Å². The molecule has 0 aliphatic heterocycles. The van der Waals surface area contributed by atoms with E-state index in [0.29, 0.717) is 12.3 Å². The van der Waals surface area contributed by atoms with Gasteiger partial charge in [0.05, 0.1) is 13.5 Å². The van der Waals surface area contributed by atoms with E-state index in [9.17, 15) is 4.79 Å². The normalized spacial score (nSPS) is 13.1. The molecule has 0 amide bonds. The number of hydrogen-bond donors (Lipinski definition) is 1. The van der Waals surface area contributed by atoms with Gasteiger partial charge in [0, 0.05) is 6.04 Å². The van der Waals surface area contributed by atoms with Crippen LogP contribution in [0.3, 0.4) is 0 Å². The van der Waals surface area contributed by atoms with Gasteiger partial charge < -0.3 is 10.5 Å². The highest BCUT2D eigenvalue weighted by Gasteiger charge is 2.17. The van der Waals surface area contributed by atoms with Crippen LogP contribution in [0.25, 0.3) is 0 Å². The van der Waals surface area contributed by atoms with Gasteiger partial charge in [0.2, 0.25) is 0 Å². The minimum atomic E-state index is -0.214. The molecule has 0 aromatic heterocycles. The molecule has 3 nitrogen and oxygen atoms in total. The van der Waals surface area contributed by atoms with Crippen molar-refractivity contribution >= 4 is 5.97 Å². The van der Waals surface area contributed by atoms with E-state index < -0.39 is 0 Å². The Morgan fingerprint density at radius 3 is 2.25 bits per heavy atom. The summed E-state index contributed by atoms with van der Waals surface area (Å²) in [6.07, 6.45) is 2.38. The van der Waals surface area contributed by atoms with Crippen LogP contribution in [0.1, 0.15) is 33.1 Å². The Bertz CT molecular complexity index is 132. The SMILES string of the molecule is CCC(CC)[C@H](N)CC(=O)OC. The highest BCUT2D eigenvalue weighted by molar-refractivity contribution is 5.69. The summed E-state index contributed by atoms with van der Waals surface area (Å²) in [6.45, 7) is 4.18. The van der Waals surface area contributed by atoms with Crippen molar-refractivity contribution in [3.05, 3.63) is 0 Å². The monoisotopic (exact) mass is 173 g/mol. The van der Waals surface area contributed by atoms with Crippen molar-refractivity contribution < 1.29 is 9.53 Å². The van der Waals surface area contributed by atoms with Gasteiger partial charge in [-0.1, -0.05) is 26.7 Å². The van der Waals surface area contributed by atoms with Gasteiger partial charge in [-0.2, -0.15) is 0 Å². The van der Waals surface area contributed by atoms with Gasteiger partial charge in [-0.3, -0.25) is 4.79 Å². The maximum absolute atomic E-state index is 10.9. The van der Waals surface area contributed by atoms with Crippen molar-refractivity contribution in [3.8, 4) is 0 Å². The lowest BCUT2D eigenvalue weighted by molar-refractivity contribution is -0.141. The minimum Gasteiger partial charge on any atom is -0.469 e. The zero-order valence-corrected chi connectivity index (χ0v) is 8.17. The van der Waals surface area contributed by atoms with Crippen molar-refractivity contribution in [3.63, 3.8) is 0 Å². The van der Waals surface area contributed by atoms with Crippen LogP contribution in [0.2, 0.25) is 0 Å². The van der Waals surface area contributed by atoms with Crippen LogP contribution < -0.4 is 5.73 Å². The molecule has 0 fully saturated rings. The van der Waals surface area contributed by atoms with Gasteiger partial charge in [0.15, 0.2) is 0 Å². The number of esters is 1. The second-order valence-electron chi connectivity index (χ2n) is 3.02. The predicted molar refractivity (Wildman–Crippen MR) is 48.7 cm³/mol. The molecule has 3 heteroatoms. The molecule has 0 saturated carbocycles. The summed E-state index contributed by atoms with van der Waals surface area (Å²) in [5.41, 5.74) is 5.81. The number of carbonyl (C=O) groups is 1. The molecule has 0 aromatic rings. The van der Waals surface area contributed by atoms with Crippen LogP contribution in [-0.4, -0.2) is 19.1 Å². The molecule has 0 saturated heterocycles. The molecule has 0 bridgehead atoms. The maximum Gasteiger partial charge on any atom is 0.307 e. The molecule has 0 radical (unpaired) electrons. The summed E-state index contributed by atoms with van der Waals surface area (Å²) in [6, 6.07) is -0.0487. The number of hydrogen-bond acceptors (Lipinski definition) is 3. The largest absolute Gasteiger partial charge is 0.469 e. The smallest absolute Gasteiger partial charge is 0.307 e. The van der Waals surface area contributed by atoms with Crippen LogP contribution in [0.4, 0.5) is 0 Å². The molecule has 0 rings (SSSR count). The van der Waals surface area contributed by atoms with Crippen molar-refractivity contribution in [1.82, 2.24) is 0 Å². The Morgan fingerprint density at radius 2 is 1.92 bits per heavy atom. The Labute approximate surface area is 74.3 Å². The molecular formula is C9H19NO2. The lowest BCUT2D eigenvalue weighted by atomic mass is 9.93. The lowest BCUT2D eigenvalue weighted by Gasteiger charge is -2.19. The van der Waals surface area contributed by atoms with E-state index in [1.54, 1.807) is 0 Å². The maximum atomic E-state index is 10.9. The Kier molecular flexibility index (Phi) is 5.72. The molecule has 0 heterocycles. The van der Waals surface area contributed by atoms with Gasteiger partial charge in [-0.15, -0.1) is 0 Å². The highest BCUT2D eigenvalue weighted by atomic mass is 16.5. The summed E-state index contributed by atoms with van der Waals surface area (Å²) in [5.74, 6) is 0.221. The zero-order chi connectivity index (χ0) is 9.56. The third kappa shape index (κ3) is 3.72. The molecule has 1 atom stereocenters. The quantitative estimate of drug-likeness (QED) is 0.638. The van der Waals surface area contributed by atoms with E-state index in [1.807, 2.05) is 0 Å². The second-order valence-corrected chi connectivity index (χ2v) is 3.02. The molecule has 0 unspecified atom stereocenters. The van der Waals surface area contributed by atoms with Crippen LogP contribution in [-0.2, 0) is 9.53 Å². The van der Waals surface area contributed by atoms with E-state index in [2.05, 4.69) is 18.6 Å². The summed E-state index contributed by atoms with van der Waals surface area (Å²) in [5, 5.41) is 0. The van der Waals surface area contributed by atoms with Crippen LogP contribution in [0.5, 0.6) is 0 Å². The van der Waals surface area contributed by atoms with Crippen LogP contribution in [0, 0.1) is 5.92 Å². The van der Waals surface area contributed by atoms with Crippen molar-refractivity contribution in [2.24, 2.45) is 11.7 Å². The lowest BCUT2D eigenvalue weighted by Crippen LogP contribution is -2.32. The van der Waals surface area contributed by atoms with Gasteiger partial charge >= 0.3 is 5.97 Å². The van der Waals surface area contributed by atoms with Gasteiger partial charge in [0.25, 0.3) is 0 Å². The van der Waals surface area contributed by atoms with Crippen molar-refractivity contribution in [2.75, 3.05) is 7.11 Å². The number of carbonyl (C=O) groups excluding carboxylic acids is 1. The molecule has 0 aliphatic rings. The standard InChI is InChI=1S/C9H19NO2/c1-4-7(5-2)8(10)6-9(11)12-3/h7-8H,4-6,10H2,1-3H3/t8-/m1/s1. The Balaban J connectivity index is 3.83. The number of rotatable bonds is 5. The fourth-order valence-electron chi connectivity index (χ4n) is 1.34. The zero-order valence-electron chi connectivity index (χ0n) is 8.17. The topological polar surface area (TPSA) is 52.3 Å². The summed E-state index contributed by atoms with van der Waals surface area (Å²) in [7, 11) is 1.39. The van der Waals surface area contributed by atoms with Gasteiger partial charge in [-0.25, -0.2) is 0 Å². The third-order valence-corrected chi connectivity index (χ3v) is 2.28. The first-order chi connectivity index (χ1) is 5.65. The fourth-order valence-corrected chi connectivity index (χ4v) is 1.34. The average molecular weight is 173 g/mol. The number of methoxy groups -OCH3 is 1. The van der Waals surface area contributed by atoms with Crippen molar-refractivity contribution in [2.45, 2.75) is 39.2 Å². The number of ether oxygens (including phenoxy) is 1. The van der Waals surface area contributed by atoms with E-state index in [1.165, 1.54) is 7.11 Å². The second kappa shape index (κ2) is 6.00. The molecular weight excluding hydrogens is 154 g/mol. The molecule has 0 aromatic carbocycles. The minimum absolute atomic E-state index is 0.0487. The van der Waals surface area contributed by atoms with E-state index >= 15 is 0 Å². The highest BCUT2D eigenvalue weighted by Crippen LogP contribution is 2.13. The summed E-state index contributed by atoms with van der Waals surface area (Å²) in [4.78, 5) is 10.9. The van der Waals surface area contributed by atoms with E-state index in [4.69, 9.17) is 5.73 Å². The first-order valence-electron chi connectivity index (χ1n) is 4.48. The molecule has 0 aliphatic carbocycles. The average Bonchev–Trinajstić information content (AvgIpc) is 2.06. The van der Waals surface area contributed by atoms with Crippen LogP contribution >= 0.6 is 0 Å². The molecule has 2 N–H and O–H groups in total. The van der Waals surface area contributed by atoms with Crippen molar-refractivity contribution in [1.29, 1.82) is 0 Å². The number of nitrogens with two attached hydrogens (primary N) is 1. The Hall–Kier alpha value is -0.570. The van der Waals surface area contributed by atoms with Gasteiger partial charge in [-0.05, 0) is 5.92 Å². The van der Waals surface area contributed by atoms with E-state index in [-0.39, 0.29) is 12.0 Å². The molecule has 72 valence electrons.